The number of nitro groups is 1. The van der Waals surface area contributed by atoms with Gasteiger partial charge in [-0.15, -0.1) is 0 Å². The van der Waals surface area contributed by atoms with E-state index in [1.54, 1.807) is 6.07 Å². The number of nitro benzene ring substituents is 1. The molecule has 2 rings (SSSR count). The Labute approximate surface area is 135 Å². The maximum Gasteiger partial charge on any atom is 0.349 e. The molecule has 2 aromatic carbocycles. The van der Waals surface area contributed by atoms with Crippen LogP contribution >= 0.6 is 23.2 Å². The van der Waals surface area contributed by atoms with E-state index < -0.39 is 17.5 Å². The van der Waals surface area contributed by atoms with Crippen molar-refractivity contribution >= 4 is 34.9 Å². The third-order valence-electron chi connectivity index (χ3n) is 2.50. The first kappa shape index (κ1) is 16.1. The summed E-state index contributed by atoms with van der Waals surface area (Å²) in [7, 11) is 0. The van der Waals surface area contributed by atoms with Crippen molar-refractivity contribution < 1.29 is 19.2 Å². The molecule has 6 nitrogen and oxygen atoms in total. The maximum atomic E-state index is 11.7. The number of halogens is 2. The molecule has 0 fully saturated rings. The Kier molecular flexibility index (Phi) is 5.19. The molecule has 22 heavy (non-hydrogen) atoms. The van der Waals surface area contributed by atoms with E-state index in [0.29, 0.717) is 5.02 Å². The molecular formula is C14H9Cl2NO5. The first-order valence-electron chi connectivity index (χ1n) is 5.98. The van der Waals surface area contributed by atoms with Crippen LogP contribution in [0.4, 0.5) is 5.69 Å². The van der Waals surface area contributed by atoms with Crippen molar-refractivity contribution in [2.75, 3.05) is 6.61 Å². The lowest BCUT2D eigenvalue weighted by Gasteiger charge is -2.08. The van der Waals surface area contributed by atoms with E-state index in [1.165, 1.54) is 30.3 Å². The number of benzene rings is 2. The van der Waals surface area contributed by atoms with E-state index in [1.807, 2.05) is 0 Å². The molecule has 0 amide bonds. The fourth-order valence-electron chi connectivity index (χ4n) is 1.55. The zero-order valence-corrected chi connectivity index (χ0v) is 12.5. The van der Waals surface area contributed by atoms with E-state index in [-0.39, 0.29) is 22.2 Å². The first-order chi connectivity index (χ1) is 10.5. The molecule has 0 aromatic heterocycles. The van der Waals surface area contributed by atoms with Crippen molar-refractivity contribution in [3.8, 4) is 11.5 Å². The van der Waals surface area contributed by atoms with Gasteiger partial charge in [-0.2, -0.15) is 0 Å². The second-order valence-electron chi connectivity index (χ2n) is 4.09. The fraction of sp³-hybridized carbons (Fsp3) is 0.0714. The van der Waals surface area contributed by atoms with Crippen LogP contribution in [0.25, 0.3) is 0 Å². The third kappa shape index (κ3) is 4.34. The zero-order chi connectivity index (χ0) is 16.1. The van der Waals surface area contributed by atoms with E-state index in [0.717, 1.165) is 6.07 Å². The summed E-state index contributed by atoms with van der Waals surface area (Å²) < 4.78 is 10.2. The normalized spacial score (nSPS) is 10.1. The van der Waals surface area contributed by atoms with Gasteiger partial charge in [0.15, 0.2) is 6.61 Å². The van der Waals surface area contributed by atoms with Gasteiger partial charge in [0.25, 0.3) is 5.69 Å². The predicted molar refractivity (Wildman–Crippen MR) is 80.7 cm³/mol. The number of non-ortho nitro benzene ring substituents is 1. The number of carbonyl (C=O) groups is 1. The second-order valence-corrected chi connectivity index (χ2v) is 4.94. The number of ether oxygens (including phenoxy) is 2. The highest BCUT2D eigenvalue weighted by Crippen LogP contribution is 2.27. The van der Waals surface area contributed by atoms with Crippen LogP contribution in [-0.2, 0) is 4.79 Å². The lowest BCUT2D eigenvalue weighted by molar-refractivity contribution is -0.384. The molecule has 0 heterocycles. The van der Waals surface area contributed by atoms with Crippen LogP contribution in [0.5, 0.6) is 11.5 Å². The topological polar surface area (TPSA) is 78.7 Å². The number of hydrogen-bond donors (Lipinski definition) is 0. The van der Waals surface area contributed by atoms with Crippen molar-refractivity contribution in [3.63, 3.8) is 0 Å². The quantitative estimate of drug-likeness (QED) is 0.357. The summed E-state index contributed by atoms with van der Waals surface area (Å²) in [6.45, 7) is -0.399. The number of rotatable bonds is 5. The zero-order valence-electron chi connectivity index (χ0n) is 11.0. The summed E-state index contributed by atoms with van der Waals surface area (Å²) in [5.41, 5.74) is -0.174. The van der Waals surface area contributed by atoms with Gasteiger partial charge in [-0.1, -0.05) is 29.3 Å². The van der Waals surface area contributed by atoms with Gasteiger partial charge in [-0.25, -0.2) is 4.79 Å². The van der Waals surface area contributed by atoms with Crippen LogP contribution in [0.2, 0.25) is 10.0 Å². The molecule has 114 valence electrons. The van der Waals surface area contributed by atoms with Crippen LogP contribution in [0.15, 0.2) is 42.5 Å². The average molecular weight is 342 g/mol. The molecule has 0 bridgehead atoms. The van der Waals surface area contributed by atoms with E-state index in [9.17, 15) is 14.9 Å². The Bertz CT molecular complexity index is 720. The highest BCUT2D eigenvalue weighted by atomic mass is 35.5. The summed E-state index contributed by atoms with van der Waals surface area (Å²) in [6, 6.07) is 9.84. The molecule has 0 aliphatic carbocycles. The largest absolute Gasteiger partial charge is 0.480 e. The minimum Gasteiger partial charge on any atom is -0.480 e. The van der Waals surface area contributed by atoms with Gasteiger partial charge in [0, 0.05) is 11.1 Å². The van der Waals surface area contributed by atoms with Crippen molar-refractivity contribution in [1.29, 1.82) is 0 Å². The summed E-state index contributed by atoms with van der Waals surface area (Å²) in [6.07, 6.45) is 0. The Morgan fingerprint density at radius 3 is 2.64 bits per heavy atom. The predicted octanol–water partition coefficient (Wildman–Crippen LogP) is 3.89. The van der Waals surface area contributed by atoms with Crippen molar-refractivity contribution in [2.45, 2.75) is 0 Å². The van der Waals surface area contributed by atoms with Gasteiger partial charge in [0.05, 0.1) is 16.0 Å². The Morgan fingerprint density at radius 1 is 1.18 bits per heavy atom. The summed E-state index contributed by atoms with van der Waals surface area (Å²) in [5, 5.41) is 11.3. The van der Waals surface area contributed by atoms with Gasteiger partial charge in [-0.05, 0) is 24.3 Å². The second kappa shape index (κ2) is 7.11. The van der Waals surface area contributed by atoms with Crippen LogP contribution in [0, 0.1) is 10.1 Å². The number of esters is 1. The van der Waals surface area contributed by atoms with Gasteiger partial charge < -0.3 is 9.47 Å². The molecule has 0 spiro atoms. The highest BCUT2D eigenvalue weighted by Gasteiger charge is 2.11. The van der Waals surface area contributed by atoms with Crippen molar-refractivity contribution in [2.24, 2.45) is 0 Å². The average Bonchev–Trinajstić information content (AvgIpc) is 2.46. The van der Waals surface area contributed by atoms with E-state index in [4.69, 9.17) is 32.7 Å². The summed E-state index contributed by atoms with van der Waals surface area (Å²) in [5.74, 6) is -0.376. The molecule has 0 saturated carbocycles. The van der Waals surface area contributed by atoms with Gasteiger partial charge in [-0.3, -0.25) is 10.1 Å². The molecule has 8 heteroatoms. The number of carbonyl (C=O) groups excluding carboxylic acids is 1. The van der Waals surface area contributed by atoms with Crippen LogP contribution in [0.3, 0.4) is 0 Å². The first-order valence-corrected chi connectivity index (χ1v) is 6.74. The van der Waals surface area contributed by atoms with Gasteiger partial charge >= 0.3 is 5.97 Å². The highest BCUT2D eigenvalue weighted by molar-refractivity contribution is 6.35. The molecular weight excluding hydrogens is 333 g/mol. The molecule has 0 atom stereocenters. The Hall–Kier alpha value is -2.31. The van der Waals surface area contributed by atoms with E-state index in [2.05, 4.69) is 0 Å². The van der Waals surface area contributed by atoms with E-state index >= 15 is 0 Å². The standard InChI is InChI=1S/C14H9Cl2NO5/c15-9-4-5-13(12(16)6-9)21-8-14(18)22-11-3-1-2-10(7-11)17(19)20/h1-7H,8H2. The molecule has 0 radical (unpaired) electrons. The lowest BCUT2D eigenvalue weighted by Crippen LogP contribution is -2.17. The molecule has 0 saturated heterocycles. The Balaban J connectivity index is 1.95. The molecule has 0 N–H and O–H groups in total. The summed E-state index contributed by atoms with van der Waals surface area (Å²) in [4.78, 5) is 21.7. The fourth-order valence-corrected chi connectivity index (χ4v) is 2.01. The number of hydrogen-bond acceptors (Lipinski definition) is 5. The monoisotopic (exact) mass is 341 g/mol. The SMILES string of the molecule is O=C(COc1ccc(Cl)cc1Cl)Oc1cccc([N+](=O)[O-])c1. The third-order valence-corrected chi connectivity index (χ3v) is 3.03. The van der Waals surface area contributed by atoms with Crippen molar-refractivity contribution in [1.82, 2.24) is 0 Å². The molecule has 2 aromatic rings. The molecule has 0 aliphatic heterocycles. The Morgan fingerprint density at radius 2 is 1.95 bits per heavy atom. The number of nitrogens with zero attached hydrogens (tertiary/aromatic N) is 1. The smallest absolute Gasteiger partial charge is 0.349 e. The van der Waals surface area contributed by atoms with Gasteiger partial charge in [0.2, 0.25) is 0 Å². The molecule has 0 unspecified atom stereocenters. The maximum absolute atomic E-state index is 11.7. The van der Waals surface area contributed by atoms with Crippen LogP contribution < -0.4 is 9.47 Å². The van der Waals surface area contributed by atoms with Crippen LogP contribution in [-0.4, -0.2) is 17.5 Å². The van der Waals surface area contributed by atoms with Crippen molar-refractivity contribution in [3.05, 3.63) is 62.6 Å². The molecule has 0 aliphatic rings. The van der Waals surface area contributed by atoms with Gasteiger partial charge in [0.1, 0.15) is 11.5 Å². The minimum atomic E-state index is -0.716. The van der Waals surface area contributed by atoms with Crippen LogP contribution in [0.1, 0.15) is 0 Å². The summed E-state index contributed by atoms with van der Waals surface area (Å²) >= 11 is 11.6. The minimum absolute atomic E-state index is 0.0602. The lowest BCUT2D eigenvalue weighted by atomic mass is 10.3.